The van der Waals surface area contributed by atoms with Gasteiger partial charge in [0, 0.05) is 24.0 Å². The number of rotatable bonds is 7. The number of carbonyl (C=O) groups is 1. The summed E-state index contributed by atoms with van der Waals surface area (Å²) in [7, 11) is 1.64. The van der Waals surface area contributed by atoms with Crippen molar-refractivity contribution in [2.75, 3.05) is 17.7 Å². The van der Waals surface area contributed by atoms with Gasteiger partial charge in [-0.3, -0.25) is 4.79 Å². The number of carbonyl (C=O) groups excluding carboxylic acids is 1. The molecular weight excluding hydrogens is 328 g/mol. The molecule has 6 nitrogen and oxygen atoms in total. The first-order valence-electron chi connectivity index (χ1n) is 8.22. The van der Waals surface area contributed by atoms with Crippen LogP contribution < -0.4 is 15.4 Å². The Balaban J connectivity index is 1.66. The number of aromatic nitrogens is 2. The first kappa shape index (κ1) is 17.4. The minimum Gasteiger partial charge on any atom is -0.497 e. The number of methoxy groups -OCH3 is 1. The van der Waals surface area contributed by atoms with Crippen LogP contribution in [0.1, 0.15) is 22.8 Å². The van der Waals surface area contributed by atoms with Crippen LogP contribution in [0.4, 0.5) is 17.5 Å². The number of Topliss-reactive ketones (excluding diaryl/α,β-unsaturated/α-hetero) is 1. The molecule has 0 fully saturated rings. The summed E-state index contributed by atoms with van der Waals surface area (Å²) in [5.41, 5.74) is 2.56. The molecule has 132 valence electrons. The molecular formula is C20H20N4O2. The molecule has 0 unspecified atom stereocenters. The van der Waals surface area contributed by atoms with Crippen molar-refractivity contribution < 1.29 is 9.53 Å². The molecule has 26 heavy (non-hydrogen) atoms. The predicted molar refractivity (Wildman–Crippen MR) is 102 cm³/mol. The van der Waals surface area contributed by atoms with Gasteiger partial charge in [-0.1, -0.05) is 24.3 Å². The van der Waals surface area contributed by atoms with Crippen molar-refractivity contribution in [1.29, 1.82) is 0 Å². The van der Waals surface area contributed by atoms with Crippen LogP contribution in [0.15, 0.2) is 60.8 Å². The average Bonchev–Trinajstić information content (AvgIpc) is 2.67. The lowest BCUT2D eigenvalue weighted by molar-refractivity contribution is 0.101. The van der Waals surface area contributed by atoms with Crippen molar-refractivity contribution in [2.45, 2.75) is 13.5 Å². The van der Waals surface area contributed by atoms with Crippen LogP contribution in [-0.4, -0.2) is 22.9 Å². The van der Waals surface area contributed by atoms with Gasteiger partial charge in [-0.05, 0) is 42.8 Å². The van der Waals surface area contributed by atoms with Crippen molar-refractivity contribution in [2.24, 2.45) is 0 Å². The van der Waals surface area contributed by atoms with Gasteiger partial charge in [-0.25, -0.2) is 4.98 Å². The van der Waals surface area contributed by atoms with Crippen molar-refractivity contribution in [3.63, 3.8) is 0 Å². The molecule has 2 aromatic carbocycles. The Labute approximate surface area is 152 Å². The molecule has 3 aromatic rings. The van der Waals surface area contributed by atoms with Gasteiger partial charge < -0.3 is 15.4 Å². The molecule has 6 heteroatoms. The molecule has 1 heterocycles. The minimum atomic E-state index is 0.0261. The summed E-state index contributed by atoms with van der Waals surface area (Å²) in [5, 5.41) is 6.39. The topological polar surface area (TPSA) is 76.1 Å². The number of ketones is 1. The van der Waals surface area contributed by atoms with Crippen molar-refractivity contribution in [3.05, 3.63) is 71.9 Å². The molecule has 1 aromatic heterocycles. The van der Waals surface area contributed by atoms with E-state index in [1.165, 1.54) is 0 Å². The molecule has 0 amide bonds. The smallest absolute Gasteiger partial charge is 0.224 e. The lowest BCUT2D eigenvalue weighted by atomic mass is 10.1. The second kappa shape index (κ2) is 8.11. The number of benzene rings is 2. The third kappa shape index (κ3) is 4.57. The van der Waals surface area contributed by atoms with E-state index in [2.05, 4.69) is 20.6 Å². The Morgan fingerprint density at radius 2 is 1.92 bits per heavy atom. The largest absolute Gasteiger partial charge is 0.497 e. The van der Waals surface area contributed by atoms with Crippen LogP contribution in [0.25, 0.3) is 0 Å². The van der Waals surface area contributed by atoms with Crippen LogP contribution in [0, 0.1) is 0 Å². The lowest BCUT2D eigenvalue weighted by Crippen LogP contribution is -2.05. The van der Waals surface area contributed by atoms with E-state index >= 15 is 0 Å². The predicted octanol–water partition coefficient (Wildman–Crippen LogP) is 4.04. The number of hydrogen-bond acceptors (Lipinski definition) is 6. The number of hydrogen-bond donors (Lipinski definition) is 2. The van der Waals surface area contributed by atoms with Crippen LogP contribution in [0.2, 0.25) is 0 Å². The van der Waals surface area contributed by atoms with Crippen molar-refractivity contribution in [3.8, 4) is 5.75 Å². The van der Waals surface area contributed by atoms with E-state index in [9.17, 15) is 4.79 Å². The number of nitrogens with one attached hydrogen (secondary N) is 2. The first-order chi connectivity index (χ1) is 12.6. The van der Waals surface area contributed by atoms with Crippen LogP contribution in [0.3, 0.4) is 0 Å². The summed E-state index contributed by atoms with van der Waals surface area (Å²) >= 11 is 0. The van der Waals surface area contributed by atoms with E-state index in [0.717, 1.165) is 17.0 Å². The molecule has 0 radical (unpaired) electrons. The third-order valence-corrected chi connectivity index (χ3v) is 3.81. The maximum atomic E-state index is 11.5. The SMILES string of the molecule is COc1ccc(CNc2nccc(Nc3cccc(C(C)=O)c3)n2)cc1. The average molecular weight is 348 g/mol. The molecule has 0 atom stereocenters. The van der Waals surface area contributed by atoms with Gasteiger partial charge in [0.1, 0.15) is 11.6 Å². The molecule has 3 rings (SSSR count). The molecule has 0 aliphatic carbocycles. The second-order valence-electron chi connectivity index (χ2n) is 5.73. The summed E-state index contributed by atoms with van der Waals surface area (Å²) in [6.45, 7) is 2.15. The Kier molecular flexibility index (Phi) is 5.43. The summed E-state index contributed by atoms with van der Waals surface area (Å²) < 4.78 is 5.15. The first-order valence-corrected chi connectivity index (χ1v) is 8.22. The van der Waals surface area contributed by atoms with Crippen molar-refractivity contribution >= 4 is 23.2 Å². The summed E-state index contributed by atoms with van der Waals surface area (Å²) in [6.07, 6.45) is 1.68. The summed E-state index contributed by atoms with van der Waals surface area (Å²) in [6, 6.07) is 16.9. The van der Waals surface area contributed by atoms with Gasteiger partial charge in [-0.15, -0.1) is 0 Å². The van der Waals surface area contributed by atoms with E-state index in [1.54, 1.807) is 38.4 Å². The van der Waals surface area contributed by atoms with Crippen LogP contribution in [0.5, 0.6) is 5.75 Å². The quantitative estimate of drug-likeness (QED) is 0.628. The molecule has 0 saturated carbocycles. The Morgan fingerprint density at radius 3 is 2.65 bits per heavy atom. The lowest BCUT2D eigenvalue weighted by Gasteiger charge is -2.09. The van der Waals surface area contributed by atoms with E-state index in [4.69, 9.17) is 4.74 Å². The summed E-state index contributed by atoms with van der Waals surface area (Å²) in [5.74, 6) is 2.02. The standard InChI is InChI=1S/C20H20N4O2/c1-14(25)16-4-3-5-17(12-16)23-19-10-11-21-20(24-19)22-13-15-6-8-18(26-2)9-7-15/h3-12H,13H2,1-2H3,(H2,21,22,23,24). The van der Waals surface area contributed by atoms with Gasteiger partial charge in [-0.2, -0.15) is 4.98 Å². The molecule has 0 aliphatic heterocycles. The number of anilines is 3. The molecule has 0 saturated heterocycles. The molecule has 0 aliphatic rings. The highest BCUT2D eigenvalue weighted by atomic mass is 16.5. The second-order valence-corrected chi connectivity index (χ2v) is 5.73. The zero-order chi connectivity index (χ0) is 18.4. The van der Waals surface area contributed by atoms with Gasteiger partial charge in [0.15, 0.2) is 5.78 Å². The normalized spacial score (nSPS) is 10.2. The maximum Gasteiger partial charge on any atom is 0.224 e. The van der Waals surface area contributed by atoms with Gasteiger partial charge in [0.05, 0.1) is 7.11 Å². The minimum absolute atomic E-state index is 0.0261. The fraction of sp³-hybridized carbons (Fsp3) is 0.150. The summed E-state index contributed by atoms with van der Waals surface area (Å²) in [4.78, 5) is 20.2. The third-order valence-electron chi connectivity index (χ3n) is 3.81. The van der Waals surface area contributed by atoms with E-state index in [-0.39, 0.29) is 5.78 Å². The number of nitrogens with zero attached hydrogens (tertiary/aromatic N) is 2. The Bertz CT molecular complexity index is 894. The molecule has 0 bridgehead atoms. The number of ether oxygens (including phenoxy) is 1. The Morgan fingerprint density at radius 1 is 1.12 bits per heavy atom. The van der Waals surface area contributed by atoms with E-state index in [0.29, 0.717) is 23.9 Å². The fourth-order valence-corrected chi connectivity index (χ4v) is 2.40. The molecule has 0 spiro atoms. The highest BCUT2D eigenvalue weighted by Gasteiger charge is 2.03. The van der Waals surface area contributed by atoms with Crippen molar-refractivity contribution in [1.82, 2.24) is 9.97 Å². The highest BCUT2D eigenvalue weighted by molar-refractivity contribution is 5.95. The zero-order valence-electron chi connectivity index (χ0n) is 14.7. The van der Waals surface area contributed by atoms with Crippen LogP contribution >= 0.6 is 0 Å². The highest BCUT2D eigenvalue weighted by Crippen LogP contribution is 2.17. The van der Waals surface area contributed by atoms with Crippen LogP contribution in [-0.2, 0) is 6.54 Å². The Hall–Kier alpha value is -3.41. The molecule has 2 N–H and O–H groups in total. The van der Waals surface area contributed by atoms with E-state index in [1.807, 2.05) is 36.4 Å². The van der Waals surface area contributed by atoms with Gasteiger partial charge >= 0.3 is 0 Å². The fourth-order valence-electron chi connectivity index (χ4n) is 2.40. The van der Waals surface area contributed by atoms with E-state index < -0.39 is 0 Å². The zero-order valence-corrected chi connectivity index (χ0v) is 14.7. The van der Waals surface area contributed by atoms with Gasteiger partial charge in [0.25, 0.3) is 0 Å². The monoisotopic (exact) mass is 348 g/mol. The maximum absolute atomic E-state index is 11.5. The van der Waals surface area contributed by atoms with Gasteiger partial charge in [0.2, 0.25) is 5.95 Å².